The van der Waals surface area contributed by atoms with Gasteiger partial charge < -0.3 is 7.58 Å². The summed E-state index contributed by atoms with van der Waals surface area (Å²) in [5, 5.41) is 0. The molecule has 0 aliphatic heterocycles. The van der Waals surface area contributed by atoms with Crippen LogP contribution in [0.25, 0.3) is 0 Å². The van der Waals surface area contributed by atoms with Crippen molar-refractivity contribution in [2.75, 3.05) is 13.2 Å². The third-order valence-electron chi connectivity index (χ3n) is 0.469. The fourth-order valence-electron chi connectivity index (χ4n) is 0.184. The molecule has 0 heterocycles. The lowest BCUT2D eigenvalue weighted by Gasteiger charge is -1.95. The van der Waals surface area contributed by atoms with E-state index in [4.69, 9.17) is 7.58 Å². The molecule has 0 spiro atoms. The Labute approximate surface area is 52.7 Å². The fourth-order valence-corrected chi connectivity index (χ4v) is 0.553. The van der Waals surface area contributed by atoms with Gasteiger partial charge in [-0.2, -0.15) is 0 Å². The van der Waals surface area contributed by atoms with Gasteiger partial charge in [-0.1, -0.05) is 0 Å². The first kappa shape index (κ1) is 7.45. The molecule has 0 saturated carbocycles. The molecule has 0 bridgehead atoms. The molecule has 0 N–H and O–H groups in total. The highest BCUT2D eigenvalue weighted by molar-refractivity contribution is 6.17. The molecule has 0 aromatic rings. The van der Waals surface area contributed by atoms with Gasteiger partial charge in [0, 0.05) is 14.6 Å². The summed E-state index contributed by atoms with van der Waals surface area (Å²) < 4.78 is 9.87. The molecule has 0 atom stereocenters. The summed E-state index contributed by atoms with van der Waals surface area (Å²) in [6.07, 6.45) is 0. The van der Waals surface area contributed by atoms with Gasteiger partial charge in [0.05, 0.1) is 0 Å². The van der Waals surface area contributed by atoms with E-state index in [0.29, 0.717) is 0 Å². The Bertz CT molecular complexity index is 33.2. The zero-order valence-corrected chi connectivity index (χ0v) is 5.96. The standard InChI is InChI=1S/2C2H5O.Al.H2/c2*1-2-3;;/h2*2H2,1H3;;1H/q2*-1;+2;. The van der Waals surface area contributed by atoms with Crippen LogP contribution in [-0.4, -0.2) is 29.1 Å². The smallest absolute Gasteiger partial charge is 0.484 e. The summed E-state index contributed by atoms with van der Waals surface area (Å²) >= 11 is -0.178. The second kappa shape index (κ2) is 6.45. The van der Waals surface area contributed by atoms with E-state index in [1.807, 2.05) is 13.8 Å². The first-order valence-corrected chi connectivity index (χ1v) is 3.41. The summed E-state index contributed by atoms with van der Waals surface area (Å²) in [4.78, 5) is 0. The van der Waals surface area contributed by atoms with Crippen LogP contribution in [0.2, 0.25) is 0 Å². The van der Waals surface area contributed by atoms with Gasteiger partial charge in [-0.3, -0.25) is 0 Å². The van der Waals surface area contributed by atoms with E-state index in [9.17, 15) is 0 Å². The van der Waals surface area contributed by atoms with E-state index in [1.54, 1.807) is 0 Å². The Morgan fingerprint density at radius 1 is 1.29 bits per heavy atom. The molecule has 0 aromatic carbocycles. The molecule has 2 nitrogen and oxygen atoms in total. The summed E-state index contributed by atoms with van der Waals surface area (Å²) in [5.41, 5.74) is 0. The number of rotatable bonds is 4. The Morgan fingerprint density at radius 2 is 1.71 bits per heavy atom. The van der Waals surface area contributed by atoms with E-state index in [-0.39, 0.29) is 17.3 Å². The van der Waals surface area contributed by atoms with Gasteiger partial charge in [0.15, 0.2) is 0 Å². The first-order valence-electron chi connectivity index (χ1n) is 2.46. The Balaban J connectivity index is 0. The summed E-state index contributed by atoms with van der Waals surface area (Å²) in [7, 11) is 0. The zero-order chi connectivity index (χ0) is 5.54. The van der Waals surface area contributed by atoms with E-state index in [1.165, 1.54) is 0 Å². The minimum atomic E-state index is -0.178. The summed E-state index contributed by atoms with van der Waals surface area (Å²) in [6, 6.07) is 0. The van der Waals surface area contributed by atoms with Crippen molar-refractivity contribution >= 4 is 15.9 Å². The lowest BCUT2D eigenvalue weighted by molar-refractivity contribution is 0.240. The zero-order valence-electron chi connectivity index (χ0n) is 4.81. The maximum atomic E-state index is 4.94. The van der Waals surface area contributed by atoms with Crippen LogP contribution < -0.4 is 0 Å². The highest BCUT2D eigenvalue weighted by Gasteiger charge is 1.89. The Hall–Kier alpha value is 0.452. The average molecular weight is 119 g/mol. The van der Waals surface area contributed by atoms with Gasteiger partial charge in [0.1, 0.15) is 0 Å². The molecule has 0 fully saturated rings. The first-order chi connectivity index (χ1) is 3.41. The molecule has 0 saturated heterocycles. The van der Waals surface area contributed by atoms with Gasteiger partial charge in [0.25, 0.3) is 0 Å². The highest BCUT2D eigenvalue weighted by atomic mass is 27.2. The summed E-state index contributed by atoms with van der Waals surface area (Å²) in [5.74, 6) is 0. The van der Waals surface area contributed by atoms with E-state index in [2.05, 4.69) is 0 Å². The predicted molar refractivity (Wildman–Crippen MR) is 31.1 cm³/mol. The molecule has 43 valence electrons. The minimum Gasteiger partial charge on any atom is -0.484 e. The number of hydrogen-bond donors (Lipinski definition) is 0. The van der Waals surface area contributed by atoms with E-state index >= 15 is 0 Å². The average Bonchev–Trinajstić information content (AvgIpc) is 1.69. The van der Waals surface area contributed by atoms with Crippen molar-refractivity contribution in [1.82, 2.24) is 0 Å². The molecule has 1 radical (unpaired) electrons. The monoisotopic (exact) mass is 119 g/mol. The molecule has 0 rings (SSSR count). The molecule has 0 amide bonds. The van der Waals surface area contributed by atoms with Crippen LogP contribution in [0, 0.1) is 0 Å². The van der Waals surface area contributed by atoms with Crippen LogP contribution in [0.4, 0.5) is 0 Å². The molecule has 0 aliphatic rings. The van der Waals surface area contributed by atoms with Crippen molar-refractivity contribution in [1.29, 1.82) is 0 Å². The molecule has 3 heteroatoms. The molecule has 0 aliphatic carbocycles. The van der Waals surface area contributed by atoms with Crippen molar-refractivity contribution in [3.8, 4) is 0 Å². The van der Waals surface area contributed by atoms with Crippen LogP contribution in [0.15, 0.2) is 0 Å². The van der Waals surface area contributed by atoms with Crippen LogP contribution in [0.1, 0.15) is 15.3 Å². The molecule has 0 unspecified atom stereocenters. The lowest BCUT2D eigenvalue weighted by atomic mass is 10.9. The Kier molecular flexibility index (Phi) is 6.87. The molecular formula is C4H12AlO2. The lowest BCUT2D eigenvalue weighted by Crippen LogP contribution is -2.02. The van der Waals surface area contributed by atoms with Gasteiger partial charge >= 0.3 is 15.9 Å². The largest absolute Gasteiger partial charge is 0.668 e. The summed E-state index contributed by atoms with van der Waals surface area (Å²) in [6.45, 7) is 5.47. The third kappa shape index (κ3) is 6.45. The van der Waals surface area contributed by atoms with Gasteiger partial charge in [-0.25, -0.2) is 0 Å². The maximum Gasteiger partial charge on any atom is 0.668 e. The minimum absolute atomic E-state index is 0. The Morgan fingerprint density at radius 3 is 2.00 bits per heavy atom. The third-order valence-corrected chi connectivity index (χ3v) is 1.41. The fraction of sp³-hybridized carbons (Fsp3) is 1.00. The van der Waals surface area contributed by atoms with Crippen molar-refractivity contribution < 1.29 is 9.00 Å². The second-order valence-corrected chi connectivity index (χ2v) is 1.87. The van der Waals surface area contributed by atoms with Crippen molar-refractivity contribution in [3.05, 3.63) is 0 Å². The van der Waals surface area contributed by atoms with Crippen LogP contribution in [-0.2, 0) is 7.58 Å². The quantitative estimate of drug-likeness (QED) is 0.403. The van der Waals surface area contributed by atoms with Crippen LogP contribution in [0.3, 0.4) is 0 Å². The predicted octanol–water partition coefficient (Wildman–Crippen LogP) is 0.840. The SMILES string of the molecule is CC[O][Al][O]CC.[HH]. The highest BCUT2D eigenvalue weighted by Crippen LogP contribution is 1.70. The molecular weight excluding hydrogens is 107 g/mol. The number of hydrogen-bond acceptors (Lipinski definition) is 2. The maximum absolute atomic E-state index is 4.94. The molecule has 7 heavy (non-hydrogen) atoms. The van der Waals surface area contributed by atoms with Gasteiger partial charge in [-0.15, -0.1) is 0 Å². The normalized spacial score (nSPS) is 8.86. The van der Waals surface area contributed by atoms with Gasteiger partial charge in [0.2, 0.25) is 0 Å². The van der Waals surface area contributed by atoms with E-state index < -0.39 is 0 Å². The molecule has 0 aromatic heterocycles. The second-order valence-electron chi connectivity index (χ2n) is 1.01. The van der Waals surface area contributed by atoms with Crippen LogP contribution >= 0.6 is 0 Å². The van der Waals surface area contributed by atoms with Crippen molar-refractivity contribution in [2.45, 2.75) is 13.8 Å². The van der Waals surface area contributed by atoms with Crippen molar-refractivity contribution in [3.63, 3.8) is 0 Å². The van der Waals surface area contributed by atoms with Crippen molar-refractivity contribution in [2.24, 2.45) is 0 Å². The topological polar surface area (TPSA) is 18.5 Å². The van der Waals surface area contributed by atoms with Gasteiger partial charge in [-0.05, 0) is 13.8 Å². The van der Waals surface area contributed by atoms with Crippen LogP contribution in [0.5, 0.6) is 0 Å². The van der Waals surface area contributed by atoms with E-state index in [0.717, 1.165) is 13.2 Å².